The van der Waals surface area contributed by atoms with Crippen LogP contribution in [0.3, 0.4) is 0 Å². The summed E-state index contributed by atoms with van der Waals surface area (Å²) in [4.78, 5) is 20.8. The van der Waals surface area contributed by atoms with Gasteiger partial charge in [-0.1, -0.05) is 57.7 Å². The lowest BCUT2D eigenvalue weighted by molar-refractivity contribution is 0.0930. The fraction of sp³-hybridized carbons (Fsp3) is 0.536. The van der Waals surface area contributed by atoms with Crippen LogP contribution in [0.1, 0.15) is 75.3 Å². The number of carbonyl (C=O) groups is 1. The molecule has 0 fully saturated rings. The molecule has 0 bridgehead atoms. The molecule has 34 heavy (non-hydrogen) atoms. The Bertz CT molecular complexity index is 1060. The van der Waals surface area contributed by atoms with Crippen molar-refractivity contribution in [3.8, 4) is 11.3 Å². The van der Waals surface area contributed by atoms with Gasteiger partial charge in [0.15, 0.2) is 0 Å². The van der Waals surface area contributed by atoms with Crippen LogP contribution in [-0.2, 0) is 7.05 Å². The van der Waals surface area contributed by atoms with Gasteiger partial charge < -0.3 is 10.2 Å². The lowest BCUT2D eigenvalue weighted by Gasteiger charge is -2.26. The third kappa shape index (κ3) is 6.89. The number of fused-ring (bicyclic) bond motifs is 1. The summed E-state index contributed by atoms with van der Waals surface area (Å²) in [5.74, 6) is -0.0454. The maximum absolute atomic E-state index is 13.5. The number of nitrogens with zero attached hydrogens (tertiary/aromatic N) is 4. The van der Waals surface area contributed by atoms with E-state index in [1.807, 2.05) is 50.5 Å². The average molecular weight is 464 g/mol. The van der Waals surface area contributed by atoms with Crippen molar-refractivity contribution in [2.24, 2.45) is 7.05 Å². The minimum Gasteiger partial charge on any atom is -0.348 e. The molecule has 6 heteroatoms. The lowest BCUT2D eigenvalue weighted by Crippen LogP contribution is -2.42. The first-order chi connectivity index (χ1) is 16.4. The van der Waals surface area contributed by atoms with Gasteiger partial charge in [-0.05, 0) is 51.9 Å². The Morgan fingerprint density at radius 1 is 1.09 bits per heavy atom. The quantitative estimate of drug-likeness (QED) is 0.328. The number of aromatic nitrogens is 3. The molecule has 0 aliphatic carbocycles. The standard InChI is InChI=1S/C28H41N5O/c1-6-8-12-16-33(17-13-9-7-2)19-21(3)29-28(34)24-18-27(25-20-32(5)31-22(25)4)30-26-15-11-10-14-23(24)26/h10-11,14-15,18,20-21H,6-9,12-13,16-17,19H2,1-5H3,(H,29,34). The number of amides is 1. The zero-order valence-corrected chi connectivity index (χ0v) is 21.6. The SMILES string of the molecule is CCCCCN(CCCCC)CC(C)NC(=O)c1cc(-c2cn(C)nc2C)nc2ccccc12. The van der Waals surface area contributed by atoms with Gasteiger partial charge in [-0.2, -0.15) is 5.10 Å². The number of carbonyl (C=O) groups excluding carboxylic acids is 1. The van der Waals surface area contributed by atoms with E-state index in [1.165, 1.54) is 38.5 Å². The molecule has 0 saturated heterocycles. The second-order valence-corrected chi connectivity index (χ2v) is 9.46. The number of para-hydroxylation sites is 1. The highest BCUT2D eigenvalue weighted by atomic mass is 16.1. The number of hydrogen-bond donors (Lipinski definition) is 1. The fourth-order valence-electron chi connectivity index (χ4n) is 4.55. The molecule has 1 amide bonds. The lowest BCUT2D eigenvalue weighted by atomic mass is 10.0. The van der Waals surface area contributed by atoms with Gasteiger partial charge in [0.25, 0.3) is 5.91 Å². The molecule has 3 rings (SSSR count). The first-order valence-corrected chi connectivity index (χ1v) is 12.9. The Morgan fingerprint density at radius 3 is 2.38 bits per heavy atom. The molecular formula is C28H41N5O. The van der Waals surface area contributed by atoms with Crippen LogP contribution in [0.5, 0.6) is 0 Å². The van der Waals surface area contributed by atoms with Crippen molar-refractivity contribution in [3.63, 3.8) is 0 Å². The maximum Gasteiger partial charge on any atom is 0.252 e. The Morgan fingerprint density at radius 2 is 1.76 bits per heavy atom. The number of pyridine rings is 1. The molecule has 1 atom stereocenters. The minimum atomic E-state index is -0.0454. The van der Waals surface area contributed by atoms with E-state index in [4.69, 9.17) is 4.98 Å². The molecule has 1 unspecified atom stereocenters. The van der Waals surface area contributed by atoms with Crippen molar-refractivity contribution < 1.29 is 4.79 Å². The zero-order valence-electron chi connectivity index (χ0n) is 21.6. The largest absolute Gasteiger partial charge is 0.348 e. The number of rotatable bonds is 13. The second kappa shape index (κ2) is 12.7. The second-order valence-electron chi connectivity index (χ2n) is 9.46. The predicted octanol–water partition coefficient (Wildman–Crippen LogP) is 5.74. The van der Waals surface area contributed by atoms with Crippen molar-refractivity contribution in [1.29, 1.82) is 0 Å². The Kier molecular flexibility index (Phi) is 9.63. The van der Waals surface area contributed by atoms with E-state index in [2.05, 4.69) is 36.1 Å². The van der Waals surface area contributed by atoms with Gasteiger partial charge in [0, 0.05) is 36.8 Å². The minimum absolute atomic E-state index is 0.0454. The topological polar surface area (TPSA) is 63.1 Å². The monoisotopic (exact) mass is 463 g/mol. The van der Waals surface area contributed by atoms with E-state index in [1.54, 1.807) is 4.68 Å². The third-order valence-corrected chi connectivity index (χ3v) is 6.32. The molecule has 0 aliphatic heterocycles. The summed E-state index contributed by atoms with van der Waals surface area (Å²) in [6, 6.07) is 9.84. The zero-order chi connectivity index (χ0) is 24.5. The van der Waals surface area contributed by atoms with Crippen LogP contribution >= 0.6 is 0 Å². The maximum atomic E-state index is 13.5. The highest BCUT2D eigenvalue weighted by Crippen LogP contribution is 2.26. The molecule has 2 aromatic heterocycles. The first-order valence-electron chi connectivity index (χ1n) is 12.9. The summed E-state index contributed by atoms with van der Waals surface area (Å²) in [7, 11) is 1.90. The number of benzene rings is 1. The Hall–Kier alpha value is -2.73. The highest BCUT2D eigenvalue weighted by Gasteiger charge is 2.18. The van der Waals surface area contributed by atoms with E-state index in [0.29, 0.717) is 5.56 Å². The summed E-state index contributed by atoms with van der Waals surface area (Å²) < 4.78 is 1.79. The van der Waals surface area contributed by atoms with Gasteiger partial charge in [0.1, 0.15) is 0 Å². The van der Waals surface area contributed by atoms with Gasteiger partial charge in [0.2, 0.25) is 0 Å². The van der Waals surface area contributed by atoms with Crippen molar-refractivity contribution in [2.45, 2.75) is 72.3 Å². The van der Waals surface area contributed by atoms with Gasteiger partial charge >= 0.3 is 0 Å². The molecule has 1 aromatic carbocycles. The molecule has 0 radical (unpaired) electrons. The summed E-state index contributed by atoms with van der Waals surface area (Å²) in [5, 5.41) is 8.60. The molecule has 2 heterocycles. The molecule has 1 N–H and O–H groups in total. The Balaban J connectivity index is 1.79. The van der Waals surface area contributed by atoms with Crippen LogP contribution in [0.25, 0.3) is 22.2 Å². The van der Waals surface area contributed by atoms with Crippen LogP contribution in [0, 0.1) is 6.92 Å². The number of unbranched alkanes of at least 4 members (excludes halogenated alkanes) is 4. The summed E-state index contributed by atoms with van der Waals surface area (Å²) in [5.41, 5.74) is 4.12. The van der Waals surface area contributed by atoms with E-state index >= 15 is 0 Å². The fourth-order valence-corrected chi connectivity index (χ4v) is 4.55. The summed E-state index contributed by atoms with van der Waals surface area (Å²) in [6.45, 7) is 11.6. The van der Waals surface area contributed by atoms with Crippen LogP contribution in [0.4, 0.5) is 0 Å². The molecular weight excluding hydrogens is 422 g/mol. The van der Waals surface area contributed by atoms with Crippen molar-refractivity contribution in [3.05, 3.63) is 47.8 Å². The van der Waals surface area contributed by atoms with Crippen LogP contribution in [0.2, 0.25) is 0 Å². The molecule has 3 aromatic rings. The van der Waals surface area contributed by atoms with E-state index in [0.717, 1.165) is 47.5 Å². The van der Waals surface area contributed by atoms with Crippen molar-refractivity contribution in [1.82, 2.24) is 25.0 Å². The molecule has 6 nitrogen and oxygen atoms in total. The normalized spacial score (nSPS) is 12.4. The molecule has 184 valence electrons. The molecule has 0 aliphatic rings. The van der Waals surface area contributed by atoms with Gasteiger partial charge in [-0.15, -0.1) is 0 Å². The van der Waals surface area contributed by atoms with Gasteiger partial charge in [-0.3, -0.25) is 9.48 Å². The van der Waals surface area contributed by atoms with Crippen LogP contribution in [-0.4, -0.2) is 51.2 Å². The van der Waals surface area contributed by atoms with E-state index < -0.39 is 0 Å². The molecule has 0 saturated carbocycles. The highest BCUT2D eigenvalue weighted by molar-refractivity contribution is 6.07. The van der Waals surface area contributed by atoms with Crippen molar-refractivity contribution >= 4 is 16.8 Å². The van der Waals surface area contributed by atoms with Crippen LogP contribution < -0.4 is 5.32 Å². The van der Waals surface area contributed by atoms with E-state index in [9.17, 15) is 4.79 Å². The van der Waals surface area contributed by atoms with Gasteiger partial charge in [0.05, 0.1) is 22.5 Å². The Labute approximate surface area is 204 Å². The predicted molar refractivity (Wildman–Crippen MR) is 141 cm³/mol. The number of aryl methyl sites for hydroxylation is 2. The average Bonchev–Trinajstić information content (AvgIpc) is 3.16. The number of hydrogen-bond acceptors (Lipinski definition) is 4. The smallest absolute Gasteiger partial charge is 0.252 e. The number of nitrogens with one attached hydrogen (secondary N) is 1. The first kappa shape index (κ1) is 25.9. The summed E-state index contributed by atoms with van der Waals surface area (Å²) in [6.07, 6.45) is 9.35. The summed E-state index contributed by atoms with van der Waals surface area (Å²) >= 11 is 0. The van der Waals surface area contributed by atoms with Crippen molar-refractivity contribution in [2.75, 3.05) is 19.6 Å². The molecule has 0 spiro atoms. The van der Waals surface area contributed by atoms with E-state index in [-0.39, 0.29) is 11.9 Å². The van der Waals surface area contributed by atoms with Crippen LogP contribution in [0.15, 0.2) is 36.5 Å². The third-order valence-electron chi connectivity index (χ3n) is 6.32. The van der Waals surface area contributed by atoms with Gasteiger partial charge in [-0.25, -0.2) is 4.98 Å².